The first-order chi connectivity index (χ1) is 4.76. The topological polar surface area (TPSA) is 87.6 Å². The third-order valence-electron chi connectivity index (χ3n) is 0.774. The number of carbonyl (C=O) groups is 3. The number of ketones is 1. The smallest absolute Gasteiger partial charge is 0.360 e. The van der Waals surface area contributed by atoms with E-state index in [4.69, 9.17) is 5.53 Å². The molecule has 5 heteroatoms. The monoisotopic (exact) mass is 140 g/mol. The van der Waals surface area contributed by atoms with E-state index in [0.717, 1.165) is 0 Å². The highest BCUT2D eigenvalue weighted by Crippen LogP contribution is 1.77. The molecule has 52 valence electrons. The molecule has 0 aromatic heterocycles. The van der Waals surface area contributed by atoms with Gasteiger partial charge in [-0.3, -0.25) is 9.59 Å². The number of Topliss-reactive ketones (excluding diaryl/α,β-unsaturated/α-hetero) is 1. The van der Waals surface area contributed by atoms with E-state index in [1.54, 1.807) is 0 Å². The Balaban J connectivity index is 4.31. The SMILES string of the molecule is [N-]=[N+]=C(C=O)C(=O)CC=O. The molecule has 0 heterocycles. The summed E-state index contributed by atoms with van der Waals surface area (Å²) in [5.74, 6) is -0.785. The molecular formula is C5H4N2O3. The molecule has 5 nitrogen and oxygen atoms in total. The fourth-order valence-corrected chi connectivity index (χ4v) is 0.325. The zero-order valence-corrected chi connectivity index (χ0v) is 4.98. The highest BCUT2D eigenvalue weighted by molar-refractivity contribution is 6.58. The van der Waals surface area contributed by atoms with E-state index in [0.29, 0.717) is 6.29 Å². The molecule has 0 atom stereocenters. The van der Waals surface area contributed by atoms with Crippen molar-refractivity contribution in [1.82, 2.24) is 0 Å². The van der Waals surface area contributed by atoms with Crippen LogP contribution in [-0.4, -0.2) is 28.9 Å². The molecule has 0 aliphatic rings. The van der Waals surface area contributed by atoms with Crippen LogP contribution in [0.4, 0.5) is 0 Å². The zero-order valence-electron chi connectivity index (χ0n) is 4.98. The molecule has 0 aliphatic heterocycles. The van der Waals surface area contributed by atoms with Gasteiger partial charge in [0.15, 0.2) is 0 Å². The molecule has 0 aromatic rings. The standard InChI is InChI=1S/C5H4N2O3/c6-7-4(3-9)5(10)1-2-8/h2-3H,1H2. The van der Waals surface area contributed by atoms with E-state index in [1.165, 1.54) is 0 Å². The molecule has 0 rings (SSSR count). The second-order valence-electron chi connectivity index (χ2n) is 1.40. The van der Waals surface area contributed by atoms with Gasteiger partial charge < -0.3 is 10.3 Å². The van der Waals surface area contributed by atoms with E-state index in [9.17, 15) is 14.4 Å². The molecule has 10 heavy (non-hydrogen) atoms. The van der Waals surface area contributed by atoms with Crippen molar-refractivity contribution in [2.45, 2.75) is 6.42 Å². The Bertz CT molecular complexity index is 215. The Morgan fingerprint density at radius 1 is 1.50 bits per heavy atom. The lowest BCUT2D eigenvalue weighted by Gasteiger charge is -1.77. The molecule has 0 N–H and O–H groups in total. The van der Waals surface area contributed by atoms with Gasteiger partial charge in [0.2, 0.25) is 6.29 Å². The number of nitrogens with zero attached hydrogens (tertiary/aromatic N) is 2. The van der Waals surface area contributed by atoms with Gasteiger partial charge in [-0.2, -0.15) is 4.79 Å². The minimum atomic E-state index is -0.785. The van der Waals surface area contributed by atoms with Crippen molar-refractivity contribution in [3.05, 3.63) is 5.53 Å². The Kier molecular flexibility index (Phi) is 3.60. The molecule has 0 radical (unpaired) electrons. The van der Waals surface area contributed by atoms with Crippen LogP contribution in [0.1, 0.15) is 6.42 Å². The molecule has 0 spiro atoms. The maximum absolute atomic E-state index is 10.5. The number of aldehydes is 2. The largest absolute Gasteiger partial charge is 0.397 e. The molecule has 0 bridgehead atoms. The van der Waals surface area contributed by atoms with Crippen LogP contribution in [0, 0.1) is 0 Å². The molecule has 0 amide bonds. The lowest BCUT2D eigenvalue weighted by molar-refractivity contribution is -0.122. The van der Waals surface area contributed by atoms with Gasteiger partial charge >= 0.3 is 5.71 Å². The highest BCUT2D eigenvalue weighted by Gasteiger charge is 2.17. The summed E-state index contributed by atoms with van der Waals surface area (Å²) in [6, 6.07) is 0. The van der Waals surface area contributed by atoms with Crippen LogP contribution >= 0.6 is 0 Å². The Morgan fingerprint density at radius 3 is 2.40 bits per heavy atom. The summed E-state index contributed by atoms with van der Waals surface area (Å²) in [4.78, 5) is 32.3. The van der Waals surface area contributed by atoms with Gasteiger partial charge in [-0.25, -0.2) is 0 Å². The first-order valence-corrected chi connectivity index (χ1v) is 2.40. The van der Waals surface area contributed by atoms with E-state index < -0.39 is 17.9 Å². The molecule has 0 aliphatic carbocycles. The summed E-state index contributed by atoms with van der Waals surface area (Å²) in [6.45, 7) is 0. The van der Waals surface area contributed by atoms with E-state index in [2.05, 4.69) is 4.79 Å². The number of carbonyl (C=O) groups excluding carboxylic acids is 3. The van der Waals surface area contributed by atoms with Crippen molar-refractivity contribution >= 4 is 24.1 Å². The molecule has 0 fully saturated rings. The van der Waals surface area contributed by atoms with Crippen molar-refractivity contribution in [1.29, 1.82) is 0 Å². The summed E-state index contributed by atoms with van der Waals surface area (Å²) in [6.07, 6.45) is -0.0129. The summed E-state index contributed by atoms with van der Waals surface area (Å²) in [5, 5.41) is 0. The van der Waals surface area contributed by atoms with Gasteiger partial charge in [-0.1, -0.05) is 0 Å². The molecule has 0 unspecified atom stereocenters. The first kappa shape index (κ1) is 8.39. The minimum absolute atomic E-state index is 0.0891. The van der Waals surface area contributed by atoms with Crippen molar-refractivity contribution in [3.63, 3.8) is 0 Å². The van der Waals surface area contributed by atoms with Crippen LogP contribution in [0.25, 0.3) is 5.53 Å². The van der Waals surface area contributed by atoms with Crippen LogP contribution < -0.4 is 0 Å². The van der Waals surface area contributed by atoms with Crippen LogP contribution in [0.2, 0.25) is 0 Å². The average molecular weight is 140 g/mol. The van der Waals surface area contributed by atoms with Gasteiger partial charge in [0.25, 0.3) is 5.78 Å². The minimum Gasteiger partial charge on any atom is -0.360 e. The summed E-state index contributed by atoms with van der Waals surface area (Å²) in [5.41, 5.74) is 7.31. The fourth-order valence-electron chi connectivity index (χ4n) is 0.325. The predicted molar refractivity (Wildman–Crippen MR) is 30.4 cm³/mol. The Labute approximate surface area is 56.3 Å². The predicted octanol–water partition coefficient (Wildman–Crippen LogP) is -0.986. The lowest BCUT2D eigenvalue weighted by Crippen LogP contribution is -2.16. The molecule has 0 saturated heterocycles. The average Bonchev–Trinajstić information content (AvgIpc) is 1.91. The van der Waals surface area contributed by atoms with Gasteiger partial charge in [0, 0.05) is 0 Å². The third kappa shape index (κ3) is 2.11. The lowest BCUT2D eigenvalue weighted by atomic mass is 10.2. The van der Waals surface area contributed by atoms with Gasteiger partial charge in [-0.15, -0.1) is 0 Å². The Morgan fingerprint density at radius 2 is 2.10 bits per heavy atom. The van der Waals surface area contributed by atoms with Crippen LogP contribution in [-0.2, 0) is 14.4 Å². The second kappa shape index (κ2) is 4.29. The van der Waals surface area contributed by atoms with Gasteiger partial charge in [0.05, 0.1) is 6.42 Å². The maximum Gasteiger partial charge on any atom is 0.397 e. The fraction of sp³-hybridized carbons (Fsp3) is 0.200. The summed E-state index contributed by atoms with van der Waals surface area (Å²) >= 11 is 0. The van der Waals surface area contributed by atoms with E-state index >= 15 is 0 Å². The van der Waals surface area contributed by atoms with Crippen LogP contribution in [0.3, 0.4) is 0 Å². The quantitative estimate of drug-likeness (QED) is 0.165. The summed E-state index contributed by atoms with van der Waals surface area (Å²) < 4.78 is 0. The van der Waals surface area contributed by atoms with Gasteiger partial charge in [0.1, 0.15) is 6.29 Å². The zero-order chi connectivity index (χ0) is 7.98. The third-order valence-corrected chi connectivity index (χ3v) is 0.774. The van der Waals surface area contributed by atoms with Crippen molar-refractivity contribution < 1.29 is 19.2 Å². The number of hydrogen-bond donors (Lipinski definition) is 0. The van der Waals surface area contributed by atoms with Crippen molar-refractivity contribution in [3.8, 4) is 0 Å². The maximum atomic E-state index is 10.5. The van der Waals surface area contributed by atoms with Crippen molar-refractivity contribution in [2.24, 2.45) is 0 Å². The van der Waals surface area contributed by atoms with Crippen LogP contribution in [0.5, 0.6) is 0 Å². The highest BCUT2D eigenvalue weighted by atomic mass is 16.1. The molecular weight excluding hydrogens is 136 g/mol. The van der Waals surface area contributed by atoms with E-state index in [-0.39, 0.29) is 6.29 Å². The van der Waals surface area contributed by atoms with E-state index in [1.807, 2.05) is 0 Å². The first-order valence-electron chi connectivity index (χ1n) is 2.40. The normalized spacial score (nSPS) is 7.60. The molecule has 0 saturated carbocycles. The molecule has 0 aromatic carbocycles. The number of rotatable bonds is 4. The number of hydrogen-bond acceptors (Lipinski definition) is 3. The van der Waals surface area contributed by atoms with Crippen LogP contribution in [0.15, 0.2) is 0 Å². The summed E-state index contributed by atoms with van der Waals surface area (Å²) in [7, 11) is 0. The Hall–Kier alpha value is -1.61. The van der Waals surface area contributed by atoms with Crippen molar-refractivity contribution in [2.75, 3.05) is 0 Å². The van der Waals surface area contributed by atoms with Gasteiger partial charge in [-0.05, 0) is 0 Å². The second-order valence-corrected chi connectivity index (χ2v) is 1.40.